The second-order valence-corrected chi connectivity index (χ2v) is 10.3. The summed E-state index contributed by atoms with van der Waals surface area (Å²) < 4.78 is 16.8. The summed E-state index contributed by atoms with van der Waals surface area (Å²) in [5, 5.41) is -0.259. The molecule has 0 aromatic rings. The first kappa shape index (κ1) is 18.8. The van der Waals surface area contributed by atoms with Crippen LogP contribution in [0.25, 0.3) is 0 Å². The van der Waals surface area contributed by atoms with Crippen LogP contribution in [0.2, 0.25) is 0 Å². The van der Waals surface area contributed by atoms with Gasteiger partial charge in [0.15, 0.2) is 0 Å². The van der Waals surface area contributed by atoms with Crippen LogP contribution in [-0.2, 0) is 25.4 Å². The molecule has 0 fully saturated rings. The van der Waals surface area contributed by atoms with Crippen LogP contribution in [0.15, 0.2) is 0 Å². The van der Waals surface area contributed by atoms with Crippen molar-refractivity contribution < 1.29 is 13.6 Å². The van der Waals surface area contributed by atoms with E-state index in [0.717, 1.165) is 0 Å². The molecule has 0 N–H and O–H groups in total. The third-order valence-electron chi connectivity index (χ3n) is 1.39. The van der Waals surface area contributed by atoms with Crippen LogP contribution in [0, 0.1) is 0 Å². The Morgan fingerprint density at radius 1 is 1.00 bits per heavy atom. The van der Waals surface area contributed by atoms with E-state index in [0.29, 0.717) is 23.7 Å². The summed E-state index contributed by atoms with van der Waals surface area (Å²) in [6, 6.07) is 0. The summed E-state index contributed by atoms with van der Waals surface area (Å²) in [7, 11) is 0. The minimum absolute atomic E-state index is 0.130. The molecule has 0 saturated carbocycles. The Morgan fingerprint density at radius 2 is 1.35 bits per heavy atom. The molecule has 0 aliphatic heterocycles. The van der Waals surface area contributed by atoms with Gasteiger partial charge in [-0.15, -0.1) is 23.2 Å². The number of hydrogen-bond acceptors (Lipinski definition) is 4. The summed E-state index contributed by atoms with van der Waals surface area (Å²) in [4.78, 5) is 0. The van der Waals surface area contributed by atoms with E-state index >= 15 is 0 Å². The van der Waals surface area contributed by atoms with E-state index in [-0.39, 0.29) is 10.8 Å². The molecule has 0 radical (unpaired) electrons. The van der Waals surface area contributed by atoms with E-state index in [4.69, 9.17) is 48.6 Å². The van der Waals surface area contributed by atoms with Gasteiger partial charge < -0.3 is 13.6 Å². The third kappa shape index (κ3) is 11.4. The van der Waals surface area contributed by atoms with E-state index in [1.165, 1.54) is 0 Å². The molecule has 0 saturated heterocycles. The summed E-state index contributed by atoms with van der Waals surface area (Å²) in [6.07, 6.45) is 0. The lowest BCUT2D eigenvalue weighted by Crippen LogP contribution is -2.12. The first-order valence-corrected chi connectivity index (χ1v) is 9.88. The molecule has 3 nitrogen and oxygen atoms in total. The van der Waals surface area contributed by atoms with Gasteiger partial charge in [0.1, 0.15) is 0 Å². The van der Waals surface area contributed by atoms with Gasteiger partial charge in [0.05, 0.1) is 30.6 Å². The predicted molar refractivity (Wildman–Crippen MR) is 86.3 cm³/mol. The quantitative estimate of drug-likeness (QED) is 0.306. The van der Waals surface area contributed by atoms with Gasteiger partial charge in [-0.1, -0.05) is 29.5 Å². The van der Waals surface area contributed by atoms with Crippen molar-refractivity contribution in [3.63, 3.8) is 0 Å². The van der Waals surface area contributed by atoms with Gasteiger partial charge in [0.25, 0.3) is 0 Å². The van der Waals surface area contributed by atoms with Crippen molar-refractivity contribution in [1.29, 1.82) is 0 Å². The minimum Gasteiger partial charge on any atom is -0.308 e. The van der Waals surface area contributed by atoms with Crippen molar-refractivity contribution >= 4 is 64.3 Å². The average molecular weight is 435 g/mol. The summed E-state index contributed by atoms with van der Waals surface area (Å²) in [5.41, 5.74) is 0. The van der Waals surface area contributed by atoms with Gasteiger partial charge in [-0.05, 0) is 25.7 Å². The van der Waals surface area contributed by atoms with Gasteiger partial charge >= 0.3 is 6.72 Å². The Hall–Kier alpha value is 1.84. The van der Waals surface area contributed by atoms with Crippen molar-refractivity contribution in [3.05, 3.63) is 0 Å². The molecule has 0 amide bonds. The molecule has 0 spiro atoms. The molecule has 17 heavy (non-hydrogen) atoms. The molecule has 8 heteroatoms. The maximum Gasteiger partial charge on any atom is 0.327 e. The predicted octanol–water partition coefficient (Wildman–Crippen LogP) is 4.34. The second-order valence-electron chi connectivity index (χ2n) is 3.68. The molecular weight excluding hydrogens is 417 g/mol. The van der Waals surface area contributed by atoms with Gasteiger partial charge in [0.2, 0.25) is 0 Å². The number of halogens is 3. The van der Waals surface area contributed by atoms with Crippen LogP contribution in [0.4, 0.5) is 0 Å². The second kappa shape index (κ2) is 9.70. The van der Waals surface area contributed by atoms with E-state index < -0.39 is 6.72 Å². The Kier molecular flexibility index (Phi) is 10.7. The Bertz CT molecular complexity index is 216. The monoisotopic (exact) mass is 434 g/mol. The fourth-order valence-electron chi connectivity index (χ4n) is 0.694. The van der Waals surface area contributed by atoms with Crippen LogP contribution in [0.5, 0.6) is 0 Å². The highest BCUT2D eigenvalue weighted by Crippen LogP contribution is 2.50. The molecule has 0 heterocycles. The lowest BCUT2D eigenvalue weighted by molar-refractivity contribution is 0.160. The Morgan fingerprint density at radius 3 is 1.65 bits per heavy atom. The maximum absolute atomic E-state index is 5.82. The van der Waals surface area contributed by atoms with Gasteiger partial charge in [0, 0.05) is 3.92 Å². The topological polar surface area (TPSA) is 27.7 Å². The fraction of sp³-hybridized carbons (Fsp3) is 1.00. The van der Waals surface area contributed by atoms with Gasteiger partial charge in [-0.3, -0.25) is 0 Å². The van der Waals surface area contributed by atoms with Crippen molar-refractivity contribution in [3.8, 4) is 0 Å². The smallest absolute Gasteiger partial charge is 0.308 e. The molecule has 3 atom stereocenters. The lowest BCUT2D eigenvalue weighted by Gasteiger charge is -2.23. The highest BCUT2D eigenvalue weighted by Gasteiger charge is 2.23. The maximum atomic E-state index is 5.82. The van der Waals surface area contributed by atoms with E-state index in [1.807, 2.05) is 20.8 Å². The summed E-state index contributed by atoms with van der Waals surface area (Å²) >= 11 is 19.2. The van der Waals surface area contributed by atoms with E-state index in [1.54, 1.807) is 0 Å². The van der Waals surface area contributed by atoms with Crippen LogP contribution in [-0.4, -0.2) is 34.5 Å². The molecule has 0 rings (SSSR count). The number of rotatable bonds is 9. The zero-order valence-electron chi connectivity index (χ0n) is 10.1. The van der Waals surface area contributed by atoms with Crippen molar-refractivity contribution in [2.24, 2.45) is 0 Å². The highest BCUT2D eigenvalue weighted by atomic mass is 127. The SMILES string of the molecule is CC(Cl)COP(=S)(OCC(C)Cl)OCC(C)I. The van der Waals surface area contributed by atoms with Crippen molar-refractivity contribution in [2.75, 3.05) is 19.8 Å². The summed E-state index contributed by atoms with van der Waals surface area (Å²) in [6.45, 7) is 4.07. The molecule has 0 aliphatic rings. The normalized spacial score (nSPS) is 20.6. The fourth-order valence-corrected chi connectivity index (χ4v) is 3.45. The zero-order chi connectivity index (χ0) is 13.5. The standard InChI is InChI=1S/C9H18Cl2IO3PS/c1-7(10)4-13-16(17,14-5-8(2)11)15-6-9(3)12/h7-9H,4-6H2,1-3H3. The number of hydrogen-bond donors (Lipinski definition) is 0. The number of alkyl halides is 3. The lowest BCUT2D eigenvalue weighted by atomic mass is 10.5. The largest absolute Gasteiger partial charge is 0.327 e. The van der Waals surface area contributed by atoms with Crippen molar-refractivity contribution in [2.45, 2.75) is 35.5 Å². The highest BCUT2D eigenvalue weighted by molar-refractivity contribution is 14.1. The first-order chi connectivity index (χ1) is 7.75. The molecule has 3 unspecified atom stereocenters. The Labute approximate surface area is 132 Å². The molecule has 104 valence electrons. The van der Waals surface area contributed by atoms with Crippen LogP contribution < -0.4 is 0 Å². The van der Waals surface area contributed by atoms with Crippen molar-refractivity contribution in [1.82, 2.24) is 0 Å². The van der Waals surface area contributed by atoms with Crippen LogP contribution in [0.3, 0.4) is 0 Å². The molecular formula is C9H18Cl2IO3PS. The Balaban J connectivity index is 4.29. The van der Waals surface area contributed by atoms with Gasteiger partial charge in [-0.25, -0.2) is 0 Å². The van der Waals surface area contributed by atoms with E-state index in [2.05, 4.69) is 22.6 Å². The zero-order valence-corrected chi connectivity index (χ0v) is 15.4. The van der Waals surface area contributed by atoms with E-state index in [9.17, 15) is 0 Å². The van der Waals surface area contributed by atoms with Crippen LogP contribution in [0.1, 0.15) is 20.8 Å². The van der Waals surface area contributed by atoms with Crippen LogP contribution >= 0.6 is 52.5 Å². The molecule has 0 bridgehead atoms. The third-order valence-corrected chi connectivity index (χ3v) is 4.34. The molecule has 0 aliphatic carbocycles. The molecule has 0 aromatic carbocycles. The van der Waals surface area contributed by atoms with Gasteiger partial charge in [-0.2, -0.15) is 0 Å². The first-order valence-electron chi connectivity index (χ1n) is 5.21. The molecule has 0 aromatic heterocycles. The average Bonchev–Trinajstić information content (AvgIpc) is 2.21. The minimum atomic E-state index is -2.72. The summed E-state index contributed by atoms with van der Waals surface area (Å²) in [5.74, 6) is 0.